The van der Waals surface area contributed by atoms with E-state index in [1.807, 2.05) is 13.0 Å². The summed E-state index contributed by atoms with van der Waals surface area (Å²) < 4.78 is 24.8. The Labute approximate surface area is 113 Å². The predicted molar refractivity (Wildman–Crippen MR) is 74.6 cm³/mol. The van der Waals surface area contributed by atoms with Gasteiger partial charge in [-0.1, -0.05) is 17.7 Å². The van der Waals surface area contributed by atoms with Crippen LogP contribution in [0, 0.1) is 13.8 Å². The van der Waals surface area contributed by atoms with Crippen LogP contribution in [0.25, 0.3) is 11.3 Å². The quantitative estimate of drug-likeness (QED) is 0.675. The fraction of sp³-hybridized carbons (Fsp3) is 0.353. The SMILES string of the molecule is [2H]C([2H])([2H])c1ccc(-c2c3c(cc[n+]2C)CCC3)c(C)c1. The highest BCUT2D eigenvalue weighted by Gasteiger charge is 2.24. The molecule has 0 fully saturated rings. The Morgan fingerprint density at radius 3 is 2.89 bits per heavy atom. The molecule has 18 heavy (non-hydrogen) atoms. The molecule has 0 saturated heterocycles. The molecule has 1 nitrogen and oxygen atoms in total. The molecular weight excluding hydrogens is 218 g/mol. The number of fused-ring (bicyclic) bond motifs is 1. The topological polar surface area (TPSA) is 3.88 Å². The van der Waals surface area contributed by atoms with Crippen molar-refractivity contribution in [3.05, 3.63) is 52.7 Å². The van der Waals surface area contributed by atoms with Gasteiger partial charge in [0.1, 0.15) is 7.05 Å². The van der Waals surface area contributed by atoms with E-state index in [0.29, 0.717) is 5.56 Å². The lowest BCUT2D eigenvalue weighted by atomic mass is 9.97. The standard InChI is InChI=1S/C17H20N/c1-12-7-8-15(13(2)11-12)17-16-6-4-5-14(16)9-10-18(17)3/h7-11H,4-6H2,1-3H3/q+1/i1D3. The molecule has 0 N–H and O–H groups in total. The third kappa shape index (κ3) is 1.74. The summed E-state index contributed by atoms with van der Waals surface area (Å²) in [4.78, 5) is 0. The summed E-state index contributed by atoms with van der Waals surface area (Å²) in [6.45, 7) is -0.0387. The van der Waals surface area contributed by atoms with Crippen LogP contribution >= 0.6 is 0 Å². The number of aromatic nitrogens is 1. The first kappa shape index (κ1) is 8.47. The van der Waals surface area contributed by atoms with Gasteiger partial charge in [0, 0.05) is 21.3 Å². The molecule has 1 heteroatoms. The Kier molecular flexibility index (Phi) is 1.99. The van der Waals surface area contributed by atoms with Gasteiger partial charge in [0.25, 0.3) is 0 Å². The molecule has 2 aromatic rings. The zero-order valence-corrected chi connectivity index (χ0v) is 11.0. The molecule has 1 aliphatic rings. The number of hydrogen-bond acceptors (Lipinski definition) is 0. The predicted octanol–water partition coefficient (Wildman–Crippen LogP) is 3.28. The minimum Gasteiger partial charge on any atom is -0.201 e. The minimum absolute atomic E-state index is 0.416. The number of hydrogen-bond donors (Lipinski definition) is 0. The highest BCUT2D eigenvalue weighted by atomic mass is 14.9. The summed E-state index contributed by atoms with van der Waals surface area (Å²) >= 11 is 0. The lowest BCUT2D eigenvalue weighted by Crippen LogP contribution is -2.32. The molecule has 92 valence electrons. The van der Waals surface area contributed by atoms with Gasteiger partial charge in [0.05, 0.1) is 0 Å². The number of rotatable bonds is 1. The van der Waals surface area contributed by atoms with Gasteiger partial charge in [0.2, 0.25) is 5.69 Å². The Bertz CT molecular complexity index is 702. The Balaban J connectivity index is 2.17. The number of pyridine rings is 1. The summed E-state index contributed by atoms with van der Waals surface area (Å²) in [5.74, 6) is 0. The maximum absolute atomic E-state index is 7.54. The minimum atomic E-state index is -2.04. The van der Waals surface area contributed by atoms with Crippen molar-refractivity contribution in [2.45, 2.75) is 33.0 Å². The van der Waals surface area contributed by atoms with E-state index < -0.39 is 6.85 Å². The molecule has 0 radical (unpaired) electrons. The van der Waals surface area contributed by atoms with Crippen molar-refractivity contribution in [2.24, 2.45) is 7.05 Å². The fourth-order valence-corrected chi connectivity index (χ4v) is 2.99. The van der Waals surface area contributed by atoms with Gasteiger partial charge in [0.15, 0.2) is 6.20 Å². The van der Waals surface area contributed by atoms with E-state index >= 15 is 0 Å². The number of aryl methyl sites for hydroxylation is 4. The van der Waals surface area contributed by atoms with Crippen LogP contribution in [-0.2, 0) is 19.9 Å². The van der Waals surface area contributed by atoms with E-state index in [0.717, 1.165) is 24.0 Å². The first-order valence-electron chi connectivity index (χ1n) is 8.00. The van der Waals surface area contributed by atoms with Gasteiger partial charge in [-0.2, -0.15) is 0 Å². The number of nitrogens with zero attached hydrogens (tertiary/aromatic N) is 1. The zero-order chi connectivity index (χ0) is 15.2. The van der Waals surface area contributed by atoms with Crippen molar-refractivity contribution < 1.29 is 8.68 Å². The van der Waals surface area contributed by atoms with Crippen LogP contribution in [0.1, 0.15) is 32.8 Å². The van der Waals surface area contributed by atoms with Crippen molar-refractivity contribution in [3.8, 4) is 11.3 Å². The summed E-state index contributed by atoms with van der Waals surface area (Å²) in [6.07, 6.45) is 5.57. The van der Waals surface area contributed by atoms with E-state index in [-0.39, 0.29) is 0 Å². The summed E-state index contributed by atoms with van der Waals surface area (Å²) in [7, 11) is 2.06. The van der Waals surface area contributed by atoms with E-state index in [1.54, 1.807) is 12.1 Å². The maximum Gasteiger partial charge on any atom is 0.216 e. The van der Waals surface area contributed by atoms with E-state index in [9.17, 15) is 0 Å². The number of benzene rings is 1. The molecule has 0 unspecified atom stereocenters. The zero-order valence-electron chi connectivity index (χ0n) is 14.0. The lowest BCUT2D eigenvalue weighted by Gasteiger charge is -2.09. The molecule has 0 bridgehead atoms. The molecule has 0 aliphatic heterocycles. The summed E-state index contributed by atoms with van der Waals surface area (Å²) in [6, 6.07) is 7.71. The van der Waals surface area contributed by atoms with Gasteiger partial charge in [-0.15, -0.1) is 0 Å². The average molecular weight is 241 g/mol. The van der Waals surface area contributed by atoms with E-state index in [1.165, 1.54) is 23.2 Å². The highest BCUT2D eigenvalue weighted by molar-refractivity contribution is 5.66. The van der Waals surface area contributed by atoms with Crippen LogP contribution in [0.2, 0.25) is 0 Å². The highest BCUT2D eigenvalue weighted by Crippen LogP contribution is 2.31. The van der Waals surface area contributed by atoms with Crippen LogP contribution in [0.5, 0.6) is 0 Å². The molecule has 1 aromatic carbocycles. The van der Waals surface area contributed by atoms with Gasteiger partial charge >= 0.3 is 0 Å². The third-order valence-corrected chi connectivity index (χ3v) is 3.88. The van der Waals surface area contributed by atoms with Gasteiger partial charge in [-0.05, 0) is 50.2 Å². The largest absolute Gasteiger partial charge is 0.216 e. The van der Waals surface area contributed by atoms with Gasteiger partial charge < -0.3 is 0 Å². The van der Waals surface area contributed by atoms with Crippen LogP contribution in [-0.4, -0.2) is 0 Å². The van der Waals surface area contributed by atoms with Crippen LogP contribution in [0.3, 0.4) is 0 Å². The third-order valence-electron chi connectivity index (χ3n) is 3.88. The molecule has 1 heterocycles. The van der Waals surface area contributed by atoms with Crippen LogP contribution in [0.4, 0.5) is 0 Å². The molecular formula is C17H20N+. The van der Waals surface area contributed by atoms with Gasteiger partial charge in [-0.25, -0.2) is 4.57 Å². The van der Waals surface area contributed by atoms with E-state index in [4.69, 9.17) is 4.11 Å². The lowest BCUT2D eigenvalue weighted by molar-refractivity contribution is -0.660. The van der Waals surface area contributed by atoms with Gasteiger partial charge in [-0.3, -0.25) is 0 Å². The van der Waals surface area contributed by atoms with Crippen molar-refractivity contribution >= 4 is 0 Å². The Morgan fingerprint density at radius 2 is 2.11 bits per heavy atom. The first-order chi connectivity index (χ1) is 9.88. The molecule has 1 aromatic heterocycles. The summed E-state index contributed by atoms with van der Waals surface area (Å²) in [5.41, 5.74) is 6.68. The molecule has 0 spiro atoms. The van der Waals surface area contributed by atoms with Crippen LogP contribution in [0.15, 0.2) is 30.5 Å². The second kappa shape index (κ2) is 4.24. The van der Waals surface area contributed by atoms with E-state index in [2.05, 4.69) is 23.9 Å². The fourth-order valence-electron chi connectivity index (χ4n) is 2.99. The molecule has 0 saturated carbocycles. The second-order valence-corrected chi connectivity index (χ2v) is 5.16. The monoisotopic (exact) mass is 241 g/mol. The second-order valence-electron chi connectivity index (χ2n) is 5.16. The molecule has 1 aliphatic carbocycles. The van der Waals surface area contributed by atoms with Crippen molar-refractivity contribution in [2.75, 3.05) is 0 Å². The molecule has 0 atom stereocenters. The summed E-state index contributed by atoms with van der Waals surface area (Å²) in [5, 5.41) is 0. The average Bonchev–Trinajstić information content (AvgIpc) is 2.86. The Morgan fingerprint density at radius 1 is 1.22 bits per heavy atom. The molecule has 3 rings (SSSR count). The van der Waals surface area contributed by atoms with Crippen LogP contribution < -0.4 is 4.57 Å². The van der Waals surface area contributed by atoms with Crippen molar-refractivity contribution in [1.82, 2.24) is 0 Å². The normalized spacial score (nSPS) is 16.9. The van der Waals surface area contributed by atoms with Crippen molar-refractivity contribution in [1.29, 1.82) is 0 Å². The molecule has 0 amide bonds. The smallest absolute Gasteiger partial charge is 0.201 e. The Hall–Kier alpha value is -1.63. The van der Waals surface area contributed by atoms with Crippen molar-refractivity contribution in [3.63, 3.8) is 0 Å². The first-order valence-corrected chi connectivity index (χ1v) is 6.50. The maximum atomic E-state index is 7.54.